The van der Waals surface area contributed by atoms with Crippen molar-refractivity contribution >= 4 is 0 Å². The van der Waals surface area contributed by atoms with E-state index >= 15 is 0 Å². The molecule has 2 atom stereocenters. The monoisotopic (exact) mass is 325 g/mol. The minimum absolute atomic E-state index is 0.00352. The molecule has 1 N–H and O–H groups in total. The first-order chi connectivity index (χ1) is 10.1. The van der Waals surface area contributed by atoms with Crippen LogP contribution in [0.25, 0.3) is 0 Å². The van der Waals surface area contributed by atoms with Crippen LogP contribution in [0.4, 0.5) is 22.0 Å². The predicted molar refractivity (Wildman–Crippen MR) is 72.8 cm³/mol. The molecule has 2 aliphatic rings. The number of hydrogen-bond donors (Lipinski definition) is 1. The average Bonchev–Trinajstić information content (AvgIpc) is 2.87. The Morgan fingerprint density at radius 1 is 1.27 bits per heavy atom. The highest BCUT2D eigenvalue weighted by molar-refractivity contribution is 5.37. The summed E-state index contributed by atoms with van der Waals surface area (Å²) < 4.78 is 71.4. The van der Waals surface area contributed by atoms with E-state index in [1.807, 2.05) is 0 Å². The van der Waals surface area contributed by atoms with E-state index in [0.29, 0.717) is 5.57 Å². The molecule has 1 heterocycles. The molecular weight excluding hydrogens is 305 g/mol. The summed E-state index contributed by atoms with van der Waals surface area (Å²) in [6.45, 7) is 3.93. The Morgan fingerprint density at radius 2 is 1.95 bits per heavy atom. The summed E-state index contributed by atoms with van der Waals surface area (Å²) in [5.41, 5.74) is -1.96. The standard InChI is InChI=1S/C15H20F5NO/c1-10-5-6-12(14(16,17)15(18,19)20)13(2,8-10)22-9-11-4-3-7-21-11/h5-6,11,21H,3-4,7-9H2,1-2H3. The maximum absolute atomic E-state index is 13.8. The number of halogens is 5. The summed E-state index contributed by atoms with van der Waals surface area (Å²) in [6, 6.07) is 0.00352. The summed E-state index contributed by atoms with van der Waals surface area (Å²) >= 11 is 0. The lowest BCUT2D eigenvalue weighted by molar-refractivity contribution is -0.272. The lowest BCUT2D eigenvalue weighted by Crippen LogP contribution is -2.49. The molecule has 7 heteroatoms. The molecule has 2 unspecified atom stereocenters. The van der Waals surface area contributed by atoms with E-state index in [0.717, 1.165) is 25.5 Å². The van der Waals surface area contributed by atoms with Crippen LogP contribution in [0.2, 0.25) is 0 Å². The number of allylic oxidation sites excluding steroid dienone is 2. The van der Waals surface area contributed by atoms with Crippen molar-refractivity contribution in [3.8, 4) is 0 Å². The Bertz CT molecular complexity index is 477. The Hall–Kier alpha value is -0.950. The van der Waals surface area contributed by atoms with Crippen LogP contribution in [0.1, 0.15) is 33.1 Å². The fourth-order valence-corrected chi connectivity index (χ4v) is 2.99. The van der Waals surface area contributed by atoms with Crippen molar-refractivity contribution in [1.82, 2.24) is 5.32 Å². The molecule has 0 spiro atoms. The maximum atomic E-state index is 13.8. The zero-order chi connectivity index (χ0) is 16.6. The third-order valence-electron chi connectivity index (χ3n) is 4.18. The van der Waals surface area contributed by atoms with Crippen molar-refractivity contribution in [2.45, 2.75) is 56.9 Å². The van der Waals surface area contributed by atoms with Gasteiger partial charge in [0.1, 0.15) is 0 Å². The molecule has 0 saturated carbocycles. The number of ether oxygens (including phenoxy) is 1. The van der Waals surface area contributed by atoms with Crippen LogP contribution in [-0.4, -0.2) is 36.9 Å². The van der Waals surface area contributed by atoms with Crippen LogP contribution in [0.15, 0.2) is 23.3 Å². The molecule has 0 aromatic heterocycles. The minimum Gasteiger partial charge on any atom is -0.369 e. The Kier molecular flexibility index (Phi) is 4.69. The van der Waals surface area contributed by atoms with E-state index in [4.69, 9.17) is 4.74 Å². The van der Waals surface area contributed by atoms with Gasteiger partial charge in [0.15, 0.2) is 0 Å². The first-order valence-electron chi connectivity index (χ1n) is 7.26. The molecule has 0 aromatic rings. The van der Waals surface area contributed by atoms with Gasteiger partial charge in [0.25, 0.3) is 0 Å². The average molecular weight is 325 g/mol. The highest BCUT2D eigenvalue weighted by atomic mass is 19.4. The summed E-state index contributed by atoms with van der Waals surface area (Å²) in [4.78, 5) is 0. The van der Waals surface area contributed by atoms with E-state index in [1.165, 1.54) is 13.0 Å². The van der Waals surface area contributed by atoms with Gasteiger partial charge < -0.3 is 10.1 Å². The van der Waals surface area contributed by atoms with E-state index in [2.05, 4.69) is 5.32 Å². The normalized spacial score (nSPS) is 30.2. The van der Waals surface area contributed by atoms with Gasteiger partial charge in [0.2, 0.25) is 0 Å². The quantitative estimate of drug-likeness (QED) is 0.789. The maximum Gasteiger partial charge on any atom is 0.457 e. The molecule has 22 heavy (non-hydrogen) atoms. The van der Waals surface area contributed by atoms with E-state index in [9.17, 15) is 22.0 Å². The van der Waals surface area contributed by atoms with Gasteiger partial charge in [0.05, 0.1) is 12.2 Å². The first kappa shape index (κ1) is 17.4. The molecule has 1 aliphatic carbocycles. The topological polar surface area (TPSA) is 21.3 Å². The van der Waals surface area contributed by atoms with Gasteiger partial charge in [-0.05, 0) is 33.2 Å². The molecule has 126 valence electrons. The Labute approximate surface area is 126 Å². The van der Waals surface area contributed by atoms with Crippen molar-refractivity contribution in [2.24, 2.45) is 0 Å². The molecule has 0 radical (unpaired) electrons. The molecule has 2 nitrogen and oxygen atoms in total. The third-order valence-corrected chi connectivity index (χ3v) is 4.18. The zero-order valence-electron chi connectivity index (χ0n) is 12.6. The lowest BCUT2D eigenvalue weighted by Gasteiger charge is -2.39. The Balaban J connectivity index is 2.23. The van der Waals surface area contributed by atoms with Gasteiger partial charge in [-0.15, -0.1) is 0 Å². The highest BCUT2D eigenvalue weighted by Crippen LogP contribution is 2.49. The van der Waals surface area contributed by atoms with Gasteiger partial charge in [-0.2, -0.15) is 22.0 Å². The second-order valence-electron chi connectivity index (χ2n) is 6.18. The summed E-state index contributed by atoms with van der Waals surface area (Å²) in [5, 5.41) is 3.14. The van der Waals surface area contributed by atoms with Gasteiger partial charge in [0, 0.05) is 18.0 Å². The summed E-state index contributed by atoms with van der Waals surface area (Å²) in [7, 11) is 0. The van der Waals surface area contributed by atoms with Crippen molar-refractivity contribution in [3.05, 3.63) is 23.3 Å². The lowest BCUT2D eigenvalue weighted by atomic mass is 9.81. The van der Waals surface area contributed by atoms with Crippen LogP contribution >= 0.6 is 0 Å². The van der Waals surface area contributed by atoms with E-state index < -0.39 is 23.3 Å². The SMILES string of the molecule is CC1=CC=C(C(F)(F)C(F)(F)F)C(C)(OCC2CCCN2)C1. The largest absolute Gasteiger partial charge is 0.457 e. The van der Waals surface area contributed by atoms with Crippen molar-refractivity contribution in [3.63, 3.8) is 0 Å². The molecule has 1 fully saturated rings. The van der Waals surface area contributed by atoms with Crippen molar-refractivity contribution in [2.75, 3.05) is 13.2 Å². The van der Waals surface area contributed by atoms with Crippen LogP contribution < -0.4 is 5.32 Å². The fourth-order valence-electron chi connectivity index (χ4n) is 2.99. The van der Waals surface area contributed by atoms with Gasteiger partial charge in [-0.25, -0.2) is 0 Å². The first-order valence-corrected chi connectivity index (χ1v) is 7.26. The number of alkyl halides is 5. The fraction of sp³-hybridized carbons (Fsp3) is 0.733. The zero-order valence-corrected chi connectivity index (χ0v) is 12.6. The van der Waals surface area contributed by atoms with Crippen molar-refractivity contribution < 1.29 is 26.7 Å². The van der Waals surface area contributed by atoms with Crippen LogP contribution in [0.5, 0.6) is 0 Å². The molecule has 1 aliphatic heterocycles. The number of rotatable bonds is 4. The van der Waals surface area contributed by atoms with Gasteiger partial charge in [-0.1, -0.05) is 17.7 Å². The predicted octanol–water partition coefficient (Wildman–Crippen LogP) is 3.99. The second-order valence-corrected chi connectivity index (χ2v) is 6.18. The van der Waals surface area contributed by atoms with Crippen LogP contribution in [0, 0.1) is 0 Å². The Morgan fingerprint density at radius 3 is 2.50 bits per heavy atom. The smallest absolute Gasteiger partial charge is 0.369 e. The number of nitrogens with one attached hydrogen (secondary N) is 1. The highest BCUT2D eigenvalue weighted by Gasteiger charge is 2.64. The summed E-state index contributed by atoms with van der Waals surface area (Å²) in [5.74, 6) is -4.90. The molecular formula is C15H20F5NO. The second kappa shape index (κ2) is 5.92. The molecule has 2 rings (SSSR count). The number of hydrogen-bond acceptors (Lipinski definition) is 2. The van der Waals surface area contributed by atoms with Gasteiger partial charge >= 0.3 is 12.1 Å². The third kappa shape index (κ3) is 3.35. The molecule has 0 aromatic carbocycles. The minimum atomic E-state index is -5.63. The molecule has 1 saturated heterocycles. The van der Waals surface area contributed by atoms with Crippen LogP contribution in [-0.2, 0) is 4.74 Å². The van der Waals surface area contributed by atoms with E-state index in [1.54, 1.807) is 6.92 Å². The summed E-state index contributed by atoms with van der Waals surface area (Å²) in [6.07, 6.45) is -1.67. The van der Waals surface area contributed by atoms with Crippen LogP contribution in [0.3, 0.4) is 0 Å². The van der Waals surface area contributed by atoms with Gasteiger partial charge in [-0.3, -0.25) is 0 Å². The van der Waals surface area contributed by atoms with Crippen molar-refractivity contribution in [1.29, 1.82) is 0 Å². The van der Waals surface area contributed by atoms with E-state index in [-0.39, 0.29) is 19.1 Å². The molecule has 0 bridgehead atoms. The molecule has 0 amide bonds.